The second kappa shape index (κ2) is 8.95. The molecule has 4 heteroatoms. The Bertz CT molecular complexity index is 708. The summed E-state index contributed by atoms with van der Waals surface area (Å²) in [5, 5.41) is 0. The molecule has 0 bridgehead atoms. The van der Waals surface area contributed by atoms with Crippen LogP contribution in [0.2, 0.25) is 0 Å². The van der Waals surface area contributed by atoms with Gasteiger partial charge in [-0.1, -0.05) is 37.5 Å². The van der Waals surface area contributed by atoms with E-state index < -0.39 is 0 Å². The van der Waals surface area contributed by atoms with Crippen molar-refractivity contribution in [3.05, 3.63) is 65.5 Å². The van der Waals surface area contributed by atoms with Crippen LogP contribution in [0.15, 0.2) is 48.8 Å². The lowest BCUT2D eigenvalue weighted by Crippen LogP contribution is -2.41. The predicted molar refractivity (Wildman–Crippen MR) is 105 cm³/mol. The molecule has 1 fully saturated rings. The molecule has 0 N–H and O–H groups in total. The van der Waals surface area contributed by atoms with Crippen molar-refractivity contribution in [1.82, 2.24) is 14.8 Å². The number of pyridine rings is 1. The van der Waals surface area contributed by atoms with E-state index in [1.165, 1.54) is 24.8 Å². The van der Waals surface area contributed by atoms with E-state index in [0.29, 0.717) is 12.6 Å². The SMILES string of the molecule is CN(C)Cc1cccc(C(=O)N(Cc2cccnc2)C2CCCCC2)c1. The van der Waals surface area contributed by atoms with Gasteiger partial charge in [0.1, 0.15) is 0 Å². The van der Waals surface area contributed by atoms with Crippen LogP contribution in [0.1, 0.15) is 53.6 Å². The third kappa shape index (κ3) is 4.92. The molecule has 1 heterocycles. The molecule has 1 aromatic heterocycles. The maximum absolute atomic E-state index is 13.4. The molecule has 0 saturated heterocycles. The Balaban J connectivity index is 1.84. The number of nitrogens with zero attached hydrogens (tertiary/aromatic N) is 3. The summed E-state index contributed by atoms with van der Waals surface area (Å²) in [7, 11) is 4.09. The van der Waals surface area contributed by atoms with Crippen LogP contribution in [0.5, 0.6) is 0 Å². The lowest BCUT2D eigenvalue weighted by Gasteiger charge is -2.34. The van der Waals surface area contributed by atoms with Gasteiger partial charge in [-0.25, -0.2) is 0 Å². The first-order valence-electron chi connectivity index (χ1n) is 9.57. The molecule has 2 aromatic rings. The van der Waals surface area contributed by atoms with Crippen LogP contribution in [0.25, 0.3) is 0 Å². The fourth-order valence-electron chi connectivity index (χ4n) is 3.78. The summed E-state index contributed by atoms with van der Waals surface area (Å²) in [6.07, 6.45) is 9.55. The monoisotopic (exact) mass is 351 g/mol. The van der Waals surface area contributed by atoms with E-state index in [0.717, 1.165) is 30.5 Å². The quantitative estimate of drug-likeness (QED) is 0.785. The molecule has 138 valence electrons. The van der Waals surface area contributed by atoms with Crippen molar-refractivity contribution in [3.8, 4) is 0 Å². The van der Waals surface area contributed by atoms with E-state index in [-0.39, 0.29) is 5.91 Å². The molecule has 0 aliphatic heterocycles. The van der Waals surface area contributed by atoms with Gasteiger partial charge in [0.2, 0.25) is 0 Å². The van der Waals surface area contributed by atoms with Crippen LogP contribution in [-0.2, 0) is 13.1 Å². The van der Waals surface area contributed by atoms with Crippen molar-refractivity contribution in [2.24, 2.45) is 0 Å². The van der Waals surface area contributed by atoms with Gasteiger partial charge >= 0.3 is 0 Å². The molecule has 1 aliphatic carbocycles. The third-order valence-electron chi connectivity index (χ3n) is 5.02. The summed E-state index contributed by atoms with van der Waals surface area (Å²) in [4.78, 5) is 21.8. The average molecular weight is 351 g/mol. The smallest absolute Gasteiger partial charge is 0.254 e. The first-order valence-corrected chi connectivity index (χ1v) is 9.57. The molecular weight excluding hydrogens is 322 g/mol. The average Bonchev–Trinajstić information content (AvgIpc) is 2.67. The molecule has 26 heavy (non-hydrogen) atoms. The lowest BCUT2D eigenvalue weighted by atomic mass is 9.93. The molecule has 0 unspecified atom stereocenters. The van der Waals surface area contributed by atoms with E-state index in [9.17, 15) is 4.79 Å². The number of hydrogen-bond acceptors (Lipinski definition) is 3. The number of carbonyl (C=O) groups excluding carboxylic acids is 1. The van der Waals surface area contributed by atoms with Gasteiger partial charge in [-0.05, 0) is 56.3 Å². The number of amides is 1. The Labute approximate surface area is 156 Å². The van der Waals surface area contributed by atoms with E-state index in [4.69, 9.17) is 0 Å². The topological polar surface area (TPSA) is 36.4 Å². The number of aromatic nitrogens is 1. The summed E-state index contributed by atoms with van der Waals surface area (Å²) in [6.45, 7) is 1.47. The standard InChI is InChI=1S/C22H29N3O/c1-24(2)16-18-8-6-10-20(14-18)22(26)25(21-11-4-3-5-12-21)17-19-9-7-13-23-15-19/h6-10,13-15,21H,3-5,11-12,16-17H2,1-2H3. The Kier molecular flexibility index (Phi) is 6.40. The van der Waals surface area contributed by atoms with Gasteiger partial charge in [0, 0.05) is 37.1 Å². The van der Waals surface area contributed by atoms with Gasteiger partial charge in [0.05, 0.1) is 0 Å². The van der Waals surface area contributed by atoms with Crippen LogP contribution < -0.4 is 0 Å². The van der Waals surface area contributed by atoms with Crippen LogP contribution in [-0.4, -0.2) is 40.8 Å². The predicted octanol–water partition coefficient (Wildman–Crippen LogP) is 4.12. The highest BCUT2D eigenvalue weighted by molar-refractivity contribution is 5.94. The number of benzene rings is 1. The maximum Gasteiger partial charge on any atom is 0.254 e. The van der Waals surface area contributed by atoms with Gasteiger partial charge in [-0.3, -0.25) is 9.78 Å². The van der Waals surface area contributed by atoms with Crippen molar-refractivity contribution in [2.75, 3.05) is 14.1 Å². The Morgan fingerprint density at radius 2 is 1.81 bits per heavy atom. The second-order valence-corrected chi connectivity index (χ2v) is 7.52. The first kappa shape index (κ1) is 18.6. The molecule has 4 nitrogen and oxygen atoms in total. The third-order valence-corrected chi connectivity index (χ3v) is 5.02. The van der Waals surface area contributed by atoms with Gasteiger partial charge < -0.3 is 9.80 Å². The largest absolute Gasteiger partial charge is 0.331 e. The first-order chi connectivity index (χ1) is 12.6. The second-order valence-electron chi connectivity index (χ2n) is 7.52. The van der Waals surface area contributed by atoms with Crippen LogP contribution >= 0.6 is 0 Å². The summed E-state index contributed by atoms with van der Waals surface area (Å²) in [5.41, 5.74) is 3.06. The van der Waals surface area contributed by atoms with Crippen molar-refractivity contribution in [1.29, 1.82) is 0 Å². The van der Waals surface area contributed by atoms with Gasteiger partial charge in [-0.15, -0.1) is 0 Å². The van der Waals surface area contributed by atoms with Crippen LogP contribution in [0, 0.1) is 0 Å². The number of carbonyl (C=O) groups is 1. The molecule has 0 spiro atoms. The normalized spacial score (nSPS) is 15.2. The van der Waals surface area contributed by atoms with E-state index >= 15 is 0 Å². The highest BCUT2D eigenvalue weighted by Crippen LogP contribution is 2.26. The summed E-state index contributed by atoms with van der Waals surface area (Å²) < 4.78 is 0. The maximum atomic E-state index is 13.4. The minimum atomic E-state index is 0.140. The fourth-order valence-corrected chi connectivity index (χ4v) is 3.78. The molecule has 1 saturated carbocycles. The van der Waals surface area contributed by atoms with Crippen molar-refractivity contribution in [2.45, 2.75) is 51.2 Å². The molecule has 1 amide bonds. The van der Waals surface area contributed by atoms with Crippen molar-refractivity contribution in [3.63, 3.8) is 0 Å². The zero-order valence-corrected chi connectivity index (χ0v) is 15.9. The molecule has 1 aliphatic rings. The molecule has 0 atom stereocenters. The Hall–Kier alpha value is -2.20. The Morgan fingerprint density at radius 3 is 2.50 bits per heavy atom. The summed E-state index contributed by atoms with van der Waals surface area (Å²) in [5.74, 6) is 0.140. The molecule has 0 radical (unpaired) electrons. The highest BCUT2D eigenvalue weighted by Gasteiger charge is 2.26. The number of rotatable bonds is 6. The van der Waals surface area contributed by atoms with E-state index in [2.05, 4.69) is 26.9 Å². The molecular formula is C22H29N3O. The number of hydrogen-bond donors (Lipinski definition) is 0. The van der Waals surface area contributed by atoms with Gasteiger partial charge in [-0.2, -0.15) is 0 Å². The summed E-state index contributed by atoms with van der Waals surface area (Å²) >= 11 is 0. The Morgan fingerprint density at radius 1 is 1.04 bits per heavy atom. The molecule has 3 rings (SSSR count). The van der Waals surface area contributed by atoms with Crippen LogP contribution in [0.3, 0.4) is 0 Å². The highest BCUT2D eigenvalue weighted by atomic mass is 16.2. The van der Waals surface area contributed by atoms with E-state index in [1.54, 1.807) is 6.20 Å². The fraction of sp³-hybridized carbons (Fsp3) is 0.455. The van der Waals surface area contributed by atoms with Crippen LogP contribution in [0.4, 0.5) is 0 Å². The van der Waals surface area contributed by atoms with Crippen molar-refractivity contribution >= 4 is 5.91 Å². The lowest BCUT2D eigenvalue weighted by molar-refractivity contribution is 0.0614. The minimum Gasteiger partial charge on any atom is -0.331 e. The zero-order valence-electron chi connectivity index (χ0n) is 15.9. The van der Waals surface area contributed by atoms with Crippen molar-refractivity contribution < 1.29 is 4.79 Å². The molecule has 1 aromatic carbocycles. The minimum absolute atomic E-state index is 0.140. The van der Waals surface area contributed by atoms with Gasteiger partial charge in [0.25, 0.3) is 5.91 Å². The zero-order chi connectivity index (χ0) is 18.4. The van der Waals surface area contributed by atoms with E-state index in [1.807, 2.05) is 44.6 Å². The van der Waals surface area contributed by atoms with Gasteiger partial charge in [0.15, 0.2) is 0 Å². The summed E-state index contributed by atoms with van der Waals surface area (Å²) in [6, 6.07) is 12.4.